The van der Waals surface area contributed by atoms with Gasteiger partial charge in [0.15, 0.2) is 0 Å². The molecule has 0 aliphatic heterocycles. The second-order valence-corrected chi connectivity index (χ2v) is 5.42. The molecule has 1 aliphatic rings. The van der Waals surface area contributed by atoms with E-state index in [0.29, 0.717) is 17.9 Å². The molecular formula is C15H19NO4. The number of aromatic carboxylic acids is 1. The standard InChI is InChI=1S/C15H19NO4/c16-13(15(19)20)6-2-9-1-3-11-8-12(14(17)18)5-4-10(11)7-9/h4-5,8-9,13H,1-3,6-7,16H2,(H,17,18)(H,19,20). The minimum Gasteiger partial charge on any atom is -0.480 e. The molecule has 0 aromatic heterocycles. The van der Waals surface area contributed by atoms with Gasteiger partial charge in [0.2, 0.25) is 0 Å². The molecular weight excluding hydrogens is 258 g/mol. The van der Waals surface area contributed by atoms with E-state index in [9.17, 15) is 9.59 Å². The Labute approximate surface area is 117 Å². The Morgan fingerprint density at radius 3 is 2.70 bits per heavy atom. The summed E-state index contributed by atoms with van der Waals surface area (Å²) >= 11 is 0. The van der Waals surface area contributed by atoms with E-state index in [4.69, 9.17) is 15.9 Å². The molecule has 0 amide bonds. The third kappa shape index (κ3) is 3.36. The van der Waals surface area contributed by atoms with Gasteiger partial charge in [-0.15, -0.1) is 0 Å². The molecule has 5 heteroatoms. The predicted molar refractivity (Wildman–Crippen MR) is 73.8 cm³/mol. The molecule has 2 atom stereocenters. The molecule has 0 radical (unpaired) electrons. The van der Waals surface area contributed by atoms with Crippen molar-refractivity contribution in [3.63, 3.8) is 0 Å². The van der Waals surface area contributed by atoms with Crippen LogP contribution in [-0.2, 0) is 17.6 Å². The molecule has 2 unspecified atom stereocenters. The fourth-order valence-corrected chi connectivity index (χ4v) is 2.75. The zero-order chi connectivity index (χ0) is 14.7. The Kier molecular flexibility index (Phi) is 4.39. The number of benzene rings is 1. The number of hydrogen-bond donors (Lipinski definition) is 3. The van der Waals surface area contributed by atoms with Crippen molar-refractivity contribution in [2.45, 2.75) is 38.1 Å². The largest absolute Gasteiger partial charge is 0.480 e. The van der Waals surface area contributed by atoms with Gasteiger partial charge in [0.1, 0.15) is 6.04 Å². The molecule has 0 spiro atoms. The Morgan fingerprint density at radius 1 is 1.30 bits per heavy atom. The minimum atomic E-state index is -0.952. The number of carbonyl (C=O) groups is 2. The molecule has 5 nitrogen and oxygen atoms in total. The zero-order valence-corrected chi connectivity index (χ0v) is 11.2. The van der Waals surface area contributed by atoms with Crippen LogP contribution in [0.5, 0.6) is 0 Å². The van der Waals surface area contributed by atoms with Crippen molar-refractivity contribution >= 4 is 11.9 Å². The maximum absolute atomic E-state index is 10.9. The lowest BCUT2D eigenvalue weighted by Gasteiger charge is -2.25. The van der Waals surface area contributed by atoms with Crippen LogP contribution in [0, 0.1) is 5.92 Å². The number of nitrogens with two attached hydrogens (primary N) is 1. The molecule has 2 rings (SSSR count). The SMILES string of the molecule is NC(CCC1CCc2cc(C(=O)O)ccc2C1)C(=O)O. The van der Waals surface area contributed by atoms with Gasteiger partial charge in [-0.25, -0.2) is 4.79 Å². The van der Waals surface area contributed by atoms with E-state index >= 15 is 0 Å². The summed E-state index contributed by atoms with van der Waals surface area (Å²) in [6, 6.07) is 4.47. The normalized spacial score (nSPS) is 19.1. The molecule has 0 saturated carbocycles. The number of aryl methyl sites for hydroxylation is 1. The number of carboxylic acids is 2. The topological polar surface area (TPSA) is 101 Å². The lowest BCUT2D eigenvalue weighted by Crippen LogP contribution is -2.31. The first-order chi connectivity index (χ1) is 9.47. The summed E-state index contributed by atoms with van der Waals surface area (Å²) in [4.78, 5) is 21.6. The van der Waals surface area contributed by atoms with E-state index in [1.807, 2.05) is 6.07 Å². The monoisotopic (exact) mass is 277 g/mol. The Balaban J connectivity index is 1.97. The smallest absolute Gasteiger partial charge is 0.335 e. The number of rotatable bonds is 5. The van der Waals surface area contributed by atoms with E-state index in [0.717, 1.165) is 31.2 Å². The first-order valence-electron chi connectivity index (χ1n) is 6.81. The number of aliphatic carboxylic acids is 1. The van der Waals surface area contributed by atoms with Crippen molar-refractivity contribution in [1.82, 2.24) is 0 Å². The minimum absolute atomic E-state index is 0.329. The van der Waals surface area contributed by atoms with Crippen LogP contribution in [0.2, 0.25) is 0 Å². The summed E-state index contributed by atoms with van der Waals surface area (Å²) < 4.78 is 0. The summed E-state index contributed by atoms with van der Waals surface area (Å²) in [5.41, 5.74) is 8.12. The van der Waals surface area contributed by atoms with Crippen LogP contribution in [0.1, 0.15) is 40.7 Å². The molecule has 0 heterocycles. The van der Waals surface area contributed by atoms with Gasteiger partial charge < -0.3 is 15.9 Å². The first-order valence-corrected chi connectivity index (χ1v) is 6.81. The highest BCUT2D eigenvalue weighted by Crippen LogP contribution is 2.29. The van der Waals surface area contributed by atoms with Gasteiger partial charge in [-0.3, -0.25) is 4.79 Å². The van der Waals surface area contributed by atoms with Crippen molar-refractivity contribution in [3.8, 4) is 0 Å². The third-order valence-corrected chi connectivity index (χ3v) is 3.99. The van der Waals surface area contributed by atoms with Gasteiger partial charge in [-0.1, -0.05) is 6.07 Å². The number of hydrogen-bond acceptors (Lipinski definition) is 3. The van der Waals surface area contributed by atoms with E-state index in [1.165, 1.54) is 5.56 Å². The zero-order valence-electron chi connectivity index (χ0n) is 11.2. The van der Waals surface area contributed by atoms with Crippen LogP contribution < -0.4 is 5.73 Å². The van der Waals surface area contributed by atoms with Crippen LogP contribution in [0.3, 0.4) is 0 Å². The average molecular weight is 277 g/mol. The van der Waals surface area contributed by atoms with E-state index in [2.05, 4.69) is 0 Å². The number of fused-ring (bicyclic) bond motifs is 1. The molecule has 0 saturated heterocycles. The first kappa shape index (κ1) is 14.5. The fourth-order valence-electron chi connectivity index (χ4n) is 2.75. The highest BCUT2D eigenvalue weighted by atomic mass is 16.4. The van der Waals surface area contributed by atoms with Crippen molar-refractivity contribution in [1.29, 1.82) is 0 Å². The van der Waals surface area contributed by atoms with E-state index < -0.39 is 18.0 Å². The van der Waals surface area contributed by atoms with Gasteiger partial charge in [0.25, 0.3) is 0 Å². The highest BCUT2D eigenvalue weighted by molar-refractivity contribution is 5.87. The fraction of sp³-hybridized carbons (Fsp3) is 0.467. The average Bonchev–Trinajstić information content (AvgIpc) is 2.43. The van der Waals surface area contributed by atoms with Crippen LogP contribution in [0.15, 0.2) is 18.2 Å². The second-order valence-electron chi connectivity index (χ2n) is 5.42. The summed E-state index contributed by atoms with van der Waals surface area (Å²) in [5.74, 6) is -1.42. The summed E-state index contributed by atoms with van der Waals surface area (Å²) in [6.07, 6.45) is 3.98. The maximum atomic E-state index is 10.9. The van der Waals surface area contributed by atoms with Gasteiger partial charge in [0.05, 0.1) is 5.56 Å². The molecule has 1 aliphatic carbocycles. The quantitative estimate of drug-likeness (QED) is 0.760. The summed E-state index contributed by atoms with van der Waals surface area (Å²) in [5, 5.41) is 17.7. The van der Waals surface area contributed by atoms with Crippen molar-refractivity contribution < 1.29 is 19.8 Å². The van der Waals surface area contributed by atoms with Crippen LogP contribution in [-0.4, -0.2) is 28.2 Å². The Bertz CT molecular complexity index is 527. The van der Waals surface area contributed by atoms with Crippen LogP contribution in [0.25, 0.3) is 0 Å². The summed E-state index contributed by atoms with van der Waals surface area (Å²) in [6.45, 7) is 0. The van der Waals surface area contributed by atoms with Crippen molar-refractivity contribution in [2.24, 2.45) is 11.7 Å². The van der Waals surface area contributed by atoms with Crippen molar-refractivity contribution in [2.75, 3.05) is 0 Å². The van der Waals surface area contributed by atoms with Crippen LogP contribution in [0.4, 0.5) is 0 Å². The maximum Gasteiger partial charge on any atom is 0.335 e. The second kappa shape index (κ2) is 6.05. The molecule has 4 N–H and O–H groups in total. The molecule has 1 aromatic carbocycles. The van der Waals surface area contributed by atoms with Gasteiger partial charge in [0, 0.05) is 0 Å². The Morgan fingerprint density at radius 2 is 2.05 bits per heavy atom. The lowest BCUT2D eigenvalue weighted by molar-refractivity contribution is -0.138. The summed E-state index contributed by atoms with van der Waals surface area (Å²) in [7, 11) is 0. The van der Waals surface area contributed by atoms with Crippen LogP contribution >= 0.6 is 0 Å². The van der Waals surface area contributed by atoms with Crippen molar-refractivity contribution in [3.05, 3.63) is 34.9 Å². The van der Waals surface area contributed by atoms with E-state index in [1.54, 1.807) is 12.1 Å². The molecule has 1 aromatic rings. The van der Waals surface area contributed by atoms with Gasteiger partial charge >= 0.3 is 11.9 Å². The predicted octanol–water partition coefficient (Wildman–Crippen LogP) is 1.68. The molecule has 108 valence electrons. The third-order valence-electron chi connectivity index (χ3n) is 3.99. The lowest BCUT2D eigenvalue weighted by atomic mass is 9.80. The Hall–Kier alpha value is -1.88. The highest BCUT2D eigenvalue weighted by Gasteiger charge is 2.21. The van der Waals surface area contributed by atoms with Gasteiger partial charge in [-0.05, 0) is 61.3 Å². The van der Waals surface area contributed by atoms with Gasteiger partial charge in [-0.2, -0.15) is 0 Å². The van der Waals surface area contributed by atoms with E-state index in [-0.39, 0.29) is 0 Å². The number of carboxylic acid groups (broad SMARTS) is 2. The molecule has 0 fully saturated rings. The molecule has 0 bridgehead atoms. The molecule has 20 heavy (non-hydrogen) atoms.